The highest BCUT2D eigenvalue weighted by Crippen LogP contribution is 2.33. The number of aliphatic imine (C=N–C) groups is 1. The van der Waals surface area contributed by atoms with Gasteiger partial charge in [-0.1, -0.05) is 42.5 Å². The van der Waals surface area contributed by atoms with Crippen LogP contribution >= 0.6 is 24.0 Å². The average molecular weight is 495 g/mol. The molecular weight excluding hydrogens is 465 g/mol. The normalized spacial score (nSPS) is 19.0. The summed E-state index contributed by atoms with van der Waals surface area (Å²) in [7, 11) is 1.68. The Bertz CT molecular complexity index is 740. The second kappa shape index (κ2) is 11.9. The molecule has 6 heteroatoms. The number of halogens is 1. The first-order chi connectivity index (χ1) is 13.3. The van der Waals surface area contributed by atoms with Crippen LogP contribution in [-0.4, -0.2) is 32.8 Å². The van der Waals surface area contributed by atoms with Gasteiger partial charge in [0.05, 0.1) is 19.8 Å². The van der Waals surface area contributed by atoms with Crippen molar-refractivity contribution in [3.05, 3.63) is 65.7 Å². The summed E-state index contributed by atoms with van der Waals surface area (Å²) in [6.45, 7) is 5.16. The first-order valence-electron chi connectivity index (χ1n) is 9.61. The second-order valence-electron chi connectivity index (χ2n) is 6.68. The molecule has 0 bridgehead atoms. The van der Waals surface area contributed by atoms with Crippen molar-refractivity contribution in [2.75, 3.05) is 26.8 Å². The van der Waals surface area contributed by atoms with Crippen LogP contribution in [-0.2, 0) is 11.3 Å². The molecular formula is C22H30IN3O2. The van der Waals surface area contributed by atoms with Gasteiger partial charge >= 0.3 is 0 Å². The van der Waals surface area contributed by atoms with Crippen LogP contribution in [0.3, 0.4) is 0 Å². The SMILES string of the molecule is CCNC(=NCc1cccc(OC)c1)NCC1CCOC1c1ccccc1.I. The second-order valence-corrected chi connectivity index (χ2v) is 6.68. The molecule has 2 atom stereocenters. The number of hydrogen-bond donors (Lipinski definition) is 2. The quantitative estimate of drug-likeness (QED) is 0.345. The predicted octanol–water partition coefficient (Wildman–Crippen LogP) is 4.15. The molecule has 28 heavy (non-hydrogen) atoms. The molecule has 0 aromatic heterocycles. The van der Waals surface area contributed by atoms with Crippen LogP contribution in [0.1, 0.15) is 30.6 Å². The van der Waals surface area contributed by atoms with Crippen LogP contribution < -0.4 is 15.4 Å². The maximum Gasteiger partial charge on any atom is 0.191 e. The third-order valence-corrected chi connectivity index (χ3v) is 4.77. The van der Waals surface area contributed by atoms with E-state index in [1.54, 1.807) is 7.11 Å². The molecule has 2 aromatic rings. The van der Waals surface area contributed by atoms with E-state index in [0.717, 1.165) is 43.4 Å². The van der Waals surface area contributed by atoms with Gasteiger partial charge in [0.25, 0.3) is 0 Å². The van der Waals surface area contributed by atoms with Crippen molar-refractivity contribution in [1.29, 1.82) is 0 Å². The van der Waals surface area contributed by atoms with Crippen molar-refractivity contribution in [2.45, 2.75) is 26.0 Å². The van der Waals surface area contributed by atoms with E-state index in [1.807, 2.05) is 24.3 Å². The van der Waals surface area contributed by atoms with Gasteiger partial charge in [-0.15, -0.1) is 24.0 Å². The zero-order valence-corrected chi connectivity index (χ0v) is 18.9. The van der Waals surface area contributed by atoms with Crippen LogP contribution in [0.15, 0.2) is 59.6 Å². The maximum absolute atomic E-state index is 5.98. The van der Waals surface area contributed by atoms with E-state index in [1.165, 1.54) is 5.56 Å². The Balaban J connectivity index is 0.00000280. The Kier molecular flexibility index (Phi) is 9.57. The fraction of sp³-hybridized carbons (Fsp3) is 0.409. The van der Waals surface area contributed by atoms with Crippen LogP contribution in [0, 0.1) is 5.92 Å². The molecule has 2 aromatic carbocycles. The average Bonchev–Trinajstić information content (AvgIpc) is 3.19. The molecule has 0 spiro atoms. The number of guanidine groups is 1. The van der Waals surface area contributed by atoms with E-state index in [-0.39, 0.29) is 30.1 Å². The molecule has 2 unspecified atom stereocenters. The number of rotatable bonds is 7. The van der Waals surface area contributed by atoms with E-state index in [0.29, 0.717) is 12.5 Å². The smallest absolute Gasteiger partial charge is 0.191 e. The van der Waals surface area contributed by atoms with Crippen LogP contribution in [0.25, 0.3) is 0 Å². The largest absolute Gasteiger partial charge is 0.497 e. The highest BCUT2D eigenvalue weighted by Gasteiger charge is 2.29. The zero-order chi connectivity index (χ0) is 18.9. The van der Waals surface area contributed by atoms with Gasteiger partial charge in [-0.3, -0.25) is 0 Å². The fourth-order valence-electron chi connectivity index (χ4n) is 3.36. The minimum Gasteiger partial charge on any atom is -0.497 e. The Morgan fingerprint density at radius 2 is 1.96 bits per heavy atom. The summed E-state index contributed by atoms with van der Waals surface area (Å²) in [5.41, 5.74) is 2.37. The third-order valence-electron chi connectivity index (χ3n) is 4.77. The standard InChI is InChI=1S/C22H29N3O2.HI/c1-3-23-22(24-15-17-8-7-11-20(14-17)26-2)25-16-19-12-13-27-21(19)18-9-5-4-6-10-18;/h4-11,14,19,21H,3,12-13,15-16H2,1-2H3,(H2,23,24,25);1H. The lowest BCUT2D eigenvalue weighted by atomic mass is 9.95. The van der Waals surface area contributed by atoms with Crippen molar-refractivity contribution >= 4 is 29.9 Å². The lowest BCUT2D eigenvalue weighted by Crippen LogP contribution is -2.40. The van der Waals surface area contributed by atoms with Gasteiger partial charge in [0.2, 0.25) is 0 Å². The lowest BCUT2D eigenvalue weighted by molar-refractivity contribution is 0.0915. The van der Waals surface area contributed by atoms with E-state index in [4.69, 9.17) is 14.5 Å². The molecule has 1 aliphatic heterocycles. The minimum atomic E-state index is 0. The molecule has 1 aliphatic rings. The fourth-order valence-corrected chi connectivity index (χ4v) is 3.36. The molecule has 0 saturated carbocycles. The third kappa shape index (κ3) is 6.38. The zero-order valence-electron chi connectivity index (χ0n) is 16.6. The van der Waals surface area contributed by atoms with Gasteiger partial charge in [-0.25, -0.2) is 4.99 Å². The van der Waals surface area contributed by atoms with Gasteiger partial charge < -0.3 is 20.1 Å². The summed E-state index contributed by atoms with van der Waals surface area (Å²) in [5.74, 6) is 2.13. The molecule has 1 heterocycles. The van der Waals surface area contributed by atoms with Crippen LogP contribution in [0.2, 0.25) is 0 Å². The summed E-state index contributed by atoms with van der Waals surface area (Å²) in [5, 5.41) is 6.82. The topological polar surface area (TPSA) is 54.9 Å². The predicted molar refractivity (Wildman–Crippen MR) is 124 cm³/mol. The molecule has 3 rings (SSSR count). The number of ether oxygens (including phenoxy) is 2. The van der Waals surface area contributed by atoms with E-state index in [9.17, 15) is 0 Å². The Morgan fingerprint density at radius 1 is 1.14 bits per heavy atom. The summed E-state index contributed by atoms with van der Waals surface area (Å²) >= 11 is 0. The number of nitrogens with one attached hydrogen (secondary N) is 2. The molecule has 0 aliphatic carbocycles. The van der Waals surface area contributed by atoms with Gasteiger partial charge in [0.15, 0.2) is 5.96 Å². The van der Waals surface area contributed by atoms with Crippen molar-refractivity contribution in [1.82, 2.24) is 10.6 Å². The molecule has 152 valence electrons. The van der Waals surface area contributed by atoms with Gasteiger partial charge in [-0.05, 0) is 36.6 Å². The molecule has 5 nitrogen and oxygen atoms in total. The summed E-state index contributed by atoms with van der Waals surface area (Å²) < 4.78 is 11.3. The lowest BCUT2D eigenvalue weighted by Gasteiger charge is -2.21. The molecule has 0 radical (unpaired) electrons. The Hall–Kier alpha value is -1.80. The highest BCUT2D eigenvalue weighted by molar-refractivity contribution is 14.0. The van der Waals surface area contributed by atoms with Gasteiger partial charge in [0.1, 0.15) is 5.75 Å². The first-order valence-corrected chi connectivity index (χ1v) is 9.61. The Morgan fingerprint density at radius 3 is 2.71 bits per heavy atom. The van der Waals surface area contributed by atoms with E-state index < -0.39 is 0 Å². The van der Waals surface area contributed by atoms with Crippen molar-refractivity contribution in [3.63, 3.8) is 0 Å². The Labute approximate surface area is 184 Å². The number of nitrogens with zero attached hydrogens (tertiary/aromatic N) is 1. The summed E-state index contributed by atoms with van der Waals surface area (Å²) in [6.07, 6.45) is 1.21. The van der Waals surface area contributed by atoms with E-state index >= 15 is 0 Å². The number of methoxy groups -OCH3 is 1. The maximum atomic E-state index is 5.98. The number of benzene rings is 2. The molecule has 1 saturated heterocycles. The monoisotopic (exact) mass is 495 g/mol. The summed E-state index contributed by atoms with van der Waals surface area (Å²) in [4.78, 5) is 4.72. The van der Waals surface area contributed by atoms with Crippen LogP contribution in [0.5, 0.6) is 5.75 Å². The van der Waals surface area contributed by atoms with Crippen molar-refractivity contribution < 1.29 is 9.47 Å². The number of hydrogen-bond acceptors (Lipinski definition) is 3. The molecule has 1 fully saturated rings. The van der Waals surface area contributed by atoms with E-state index in [2.05, 4.69) is 47.9 Å². The first kappa shape index (κ1) is 22.5. The molecule has 2 N–H and O–H groups in total. The van der Waals surface area contributed by atoms with Crippen LogP contribution in [0.4, 0.5) is 0 Å². The van der Waals surface area contributed by atoms with Crippen molar-refractivity contribution in [2.24, 2.45) is 10.9 Å². The van der Waals surface area contributed by atoms with Gasteiger partial charge in [0, 0.05) is 25.6 Å². The van der Waals surface area contributed by atoms with Gasteiger partial charge in [-0.2, -0.15) is 0 Å². The van der Waals surface area contributed by atoms with Crippen molar-refractivity contribution in [3.8, 4) is 5.75 Å². The molecule has 0 amide bonds. The summed E-state index contributed by atoms with van der Waals surface area (Å²) in [6, 6.07) is 18.5. The minimum absolute atomic E-state index is 0. The highest BCUT2D eigenvalue weighted by atomic mass is 127.